The van der Waals surface area contributed by atoms with Gasteiger partial charge in [-0.25, -0.2) is 9.37 Å². The van der Waals surface area contributed by atoms with Gasteiger partial charge < -0.3 is 40.4 Å². The maximum absolute atomic E-state index is 14.4. The fourth-order valence-corrected chi connectivity index (χ4v) is 3.06. The number of aliphatic hydroxyl groups excluding tert-OH is 2. The van der Waals surface area contributed by atoms with Crippen LogP contribution in [0.2, 0.25) is 0 Å². The Balaban J connectivity index is 1.38. The van der Waals surface area contributed by atoms with Crippen LogP contribution < -0.4 is 30.2 Å². The van der Waals surface area contributed by atoms with Gasteiger partial charge in [0.1, 0.15) is 19.0 Å². The molecule has 0 spiro atoms. The molecule has 0 radical (unpaired) electrons. The summed E-state index contributed by atoms with van der Waals surface area (Å²) in [6.45, 7) is 0.105. The Morgan fingerprint density at radius 3 is 2.74 bits per heavy atom. The van der Waals surface area contributed by atoms with Gasteiger partial charge in [-0.2, -0.15) is 4.98 Å². The van der Waals surface area contributed by atoms with Crippen molar-refractivity contribution >= 4 is 29.0 Å². The van der Waals surface area contributed by atoms with Gasteiger partial charge in [0.05, 0.1) is 18.9 Å². The van der Waals surface area contributed by atoms with Crippen LogP contribution in [-0.4, -0.2) is 65.2 Å². The van der Waals surface area contributed by atoms with Crippen LogP contribution >= 0.6 is 0 Å². The molecule has 1 aromatic heterocycles. The number of anilines is 4. The van der Waals surface area contributed by atoms with Crippen molar-refractivity contribution < 1.29 is 33.6 Å². The maximum Gasteiger partial charge on any atom is 0.258 e. The van der Waals surface area contributed by atoms with Crippen molar-refractivity contribution in [2.45, 2.75) is 6.10 Å². The molecule has 4 rings (SSSR count). The van der Waals surface area contributed by atoms with Crippen LogP contribution in [0.25, 0.3) is 0 Å². The number of carbonyl (C=O) groups is 1. The Labute approximate surface area is 199 Å². The van der Waals surface area contributed by atoms with E-state index in [1.54, 1.807) is 42.5 Å². The number of hydrogen-bond donors (Lipinski definition) is 5. The van der Waals surface area contributed by atoms with Crippen molar-refractivity contribution in [3.8, 4) is 17.2 Å². The third kappa shape index (κ3) is 6.68. The molecule has 1 aliphatic heterocycles. The smallest absolute Gasteiger partial charge is 0.258 e. The first-order valence-corrected chi connectivity index (χ1v) is 10.7. The van der Waals surface area contributed by atoms with E-state index in [9.17, 15) is 14.3 Å². The Bertz CT molecular complexity index is 1180. The van der Waals surface area contributed by atoms with E-state index in [-0.39, 0.29) is 24.9 Å². The summed E-state index contributed by atoms with van der Waals surface area (Å²) in [5.74, 6) is 0.587. The number of rotatable bonds is 10. The second kappa shape index (κ2) is 11.3. The zero-order valence-electron chi connectivity index (χ0n) is 18.5. The summed E-state index contributed by atoms with van der Waals surface area (Å²) in [4.78, 5) is 20.0. The van der Waals surface area contributed by atoms with Gasteiger partial charge in [0.15, 0.2) is 29.7 Å². The molecule has 0 fully saturated rings. The summed E-state index contributed by atoms with van der Waals surface area (Å²) in [5.41, 5.74) is 1.12. The number of amides is 1. The van der Waals surface area contributed by atoms with E-state index in [4.69, 9.17) is 19.3 Å². The molecule has 2 heterocycles. The molecule has 0 bridgehead atoms. The first-order chi connectivity index (χ1) is 17.0. The van der Waals surface area contributed by atoms with E-state index < -0.39 is 24.4 Å². The van der Waals surface area contributed by atoms with Gasteiger partial charge in [-0.05, 0) is 24.3 Å². The predicted molar refractivity (Wildman–Crippen MR) is 124 cm³/mol. The van der Waals surface area contributed by atoms with Gasteiger partial charge in [-0.3, -0.25) is 4.79 Å². The fraction of sp³-hybridized carbons (Fsp3) is 0.261. The normalized spacial score (nSPS) is 13.0. The highest BCUT2D eigenvalue weighted by atomic mass is 19.1. The summed E-state index contributed by atoms with van der Waals surface area (Å²) < 4.78 is 30.8. The Hall–Kier alpha value is -4.16. The first-order valence-electron chi connectivity index (χ1n) is 10.7. The van der Waals surface area contributed by atoms with Gasteiger partial charge in [-0.15, -0.1) is 0 Å². The summed E-state index contributed by atoms with van der Waals surface area (Å²) in [7, 11) is 0. The topological polar surface area (TPSA) is 147 Å². The Kier molecular flexibility index (Phi) is 7.75. The maximum atomic E-state index is 14.4. The van der Waals surface area contributed by atoms with Gasteiger partial charge in [0, 0.05) is 30.1 Å². The summed E-state index contributed by atoms with van der Waals surface area (Å²) in [6.07, 6.45) is 0.0115. The van der Waals surface area contributed by atoms with Crippen LogP contribution in [0.3, 0.4) is 0 Å². The number of aliphatic hydroxyl groups is 2. The Morgan fingerprint density at radius 2 is 1.91 bits per heavy atom. The third-order valence-corrected chi connectivity index (χ3v) is 4.75. The second-order valence-electron chi connectivity index (χ2n) is 7.46. The molecule has 0 aliphatic carbocycles. The average molecular weight is 485 g/mol. The quantitative estimate of drug-likeness (QED) is 0.288. The molecule has 0 saturated heterocycles. The largest absolute Gasteiger partial charge is 0.486 e. The summed E-state index contributed by atoms with van der Waals surface area (Å²) >= 11 is 0. The van der Waals surface area contributed by atoms with Crippen molar-refractivity contribution in [3.63, 3.8) is 0 Å². The van der Waals surface area contributed by atoms with Crippen LogP contribution in [0.15, 0.2) is 48.7 Å². The van der Waals surface area contributed by atoms with Gasteiger partial charge >= 0.3 is 0 Å². The number of nitrogens with zero attached hydrogens (tertiary/aromatic N) is 2. The third-order valence-electron chi connectivity index (χ3n) is 4.75. The lowest BCUT2D eigenvalue weighted by Crippen LogP contribution is -2.36. The van der Waals surface area contributed by atoms with Crippen LogP contribution in [0.5, 0.6) is 17.2 Å². The molecule has 5 N–H and O–H groups in total. The zero-order chi connectivity index (χ0) is 24.6. The van der Waals surface area contributed by atoms with Crippen molar-refractivity contribution in [2.24, 2.45) is 0 Å². The lowest BCUT2D eigenvalue weighted by atomic mass is 10.2. The number of ether oxygens (including phenoxy) is 3. The predicted octanol–water partition coefficient (Wildman–Crippen LogP) is 1.72. The van der Waals surface area contributed by atoms with Crippen molar-refractivity contribution in [1.29, 1.82) is 0 Å². The van der Waals surface area contributed by atoms with Crippen molar-refractivity contribution in [1.82, 2.24) is 15.3 Å². The van der Waals surface area contributed by atoms with E-state index in [1.165, 1.54) is 0 Å². The van der Waals surface area contributed by atoms with Crippen LogP contribution in [0.4, 0.5) is 27.5 Å². The number of fused-ring (bicyclic) bond motifs is 1. The minimum atomic E-state index is -1.03. The highest BCUT2D eigenvalue weighted by molar-refractivity contribution is 5.77. The molecule has 1 amide bonds. The minimum Gasteiger partial charge on any atom is -0.486 e. The number of nitrogens with one attached hydrogen (secondary N) is 3. The minimum absolute atomic E-state index is 0.0340. The SMILES string of the molecule is O=C(COc1cccc(Nc2ncc(F)c(Nc3ccc4c(c3)OCCO4)n2)c1)NCC(O)CO. The fourth-order valence-electron chi connectivity index (χ4n) is 3.06. The van der Waals surface area contributed by atoms with Crippen molar-refractivity contribution in [2.75, 3.05) is 43.6 Å². The summed E-state index contributed by atoms with van der Waals surface area (Å²) in [5, 5.41) is 26.4. The molecular formula is C23H24FN5O6. The number of benzene rings is 2. The molecule has 35 heavy (non-hydrogen) atoms. The average Bonchev–Trinajstić information content (AvgIpc) is 2.88. The molecule has 11 nitrogen and oxygen atoms in total. The van der Waals surface area contributed by atoms with Crippen LogP contribution in [-0.2, 0) is 4.79 Å². The molecule has 0 saturated carbocycles. The highest BCUT2D eigenvalue weighted by Gasteiger charge is 2.14. The number of halogens is 1. The molecule has 184 valence electrons. The van der Waals surface area contributed by atoms with E-state index in [0.29, 0.717) is 41.8 Å². The molecule has 1 aliphatic rings. The van der Waals surface area contributed by atoms with E-state index in [1.807, 2.05) is 0 Å². The molecule has 1 atom stereocenters. The lowest BCUT2D eigenvalue weighted by Gasteiger charge is -2.19. The standard InChI is InChI=1S/C23H24FN5O6/c24-18-11-26-23(29-22(18)27-15-4-5-19-20(9-15)34-7-6-33-19)28-14-2-1-3-17(8-14)35-13-21(32)25-10-16(31)12-30/h1-5,8-9,11,16,30-31H,6-7,10,12-13H2,(H,25,32)(H2,26,27,28,29). The van der Waals surface area contributed by atoms with Crippen LogP contribution in [0, 0.1) is 5.82 Å². The van der Waals surface area contributed by atoms with Gasteiger partial charge in [0.25, 0.3) is 5.91 Å². The molecule has 3 aromatic rings. The first kappa shape index (κ1) is 24.0. The van der Waals surface area contributed by atoms with Gasteiger partial charge in [-0.1, -0.05) is 6.07 Å². The number of hydrogen-bond acceptors (Lipinski definition) is 10. The van der Waals surface area contributed by atoms with Gasteiger partial charge in [0.2, 0.25) is 5.95 Å². The van der Waals surface area contributed by atoms with Crippen LogP contribution in [0.1, 0.15) is 0 Å². The van der Waals surface area contributed by atoms with E-state index in [0.717, 1.165) is 6.20 Å². The molecule has 2 aromatic carbocycles. The lowest BCUT2D eigenvalue weighted by molar-refractivity contribution is -0.123. The zero-order valence-corrected chi connectivity index (χ0v) is 18.5. The molecular weight excluding hydrogens is 461 g/mol. The highest BCUT2D eigenvalue weighted by Crippen LogP contribution is 2.33. The van der Waals surface area contributed by atoms with E-state index >= 15 is 0 Å². The number of carbonyl (C=O) groups excluding carboxylic acids is 1. The van der Waals surface area contributed by atoms with E-state index in [2.05, 4.69) is 25.9 Å². The Morgan fingerprint density at radius 1 is 1.11 bits per heavy atom. The number of aromatic nitrogens is 2. The molecule has 12 heteroatoms. The molecule has 1 unspecified atom stereocenters. The summed E-state index contributed by atoms with van der Waals surface area (Å²) in [6, 6.07) is 11.9. The monoisotopic (exact) mass is 485 g/mol. The second-order valence-corrected chi connectivity index (χ2v) is 7.46. The van der Waals surface area contributed by atoms with Crippen molar-refractivity contribution in [3.05, 3.63) is 54.5 Å².